The average molecular weight is 414 g/mol. The lowest BCUT2D eigenvalue weighted by atomic mass is 10.1. The van der Waals surface area contributed by atoms with Gasteiger partial charge in [0.2, 0.25) is 5.13 Å². The Morgan fingerprint density at radius 1 is 0.931 bits per heavy atom. The van der Waals surface area contributed by atoms with Crippen LogP contribution >= 0.6 is 11.3 Å². The fourth-order valence-corrected chi connectivity index (χ4v) is 3.48. The number of amides is 2. The number of urea groups is 1. The first-order chi connectivity index (χ1) is 14.0. The van der Waals surface area contributed by atoms with Crippen molar-refractivity contribution in [2.75, 3.05) is 32.0 Å². The van der Waals surface area contributed by atoms with Crippen LogP contribution in [0, 0.1) is 6.92 Å². The highest BCUT2D eigenvalue weighted by atomic mass is 32.1. The van der Waals surface area contributed by atoms with Crippen LogP contribution in [0.15, 0.2) is 36.4 Å². The molecule has 1 aromatic heterocycles. The van der Waals surface area contributed by atoms with Crippen molar-refractivity contribution in [3.8, 4) is 17.2 Å². The zero-order valence-corrected chi connectivity index (χ0v) is 17.4. The van der Waals surface area contributed by atoms with E-state index in [-0.39, 0.29) is 0 Å². The van der Waals surface area contributed by atoms with E-state index in [0.717, 1.165) is 16.1 Å². The maximum Gasteiger partial charge on any atom is 0.325 e. The van der Waals surface area contributed by atoms with Crippen molar-refractivity contribution >= 4 is 28.2 Å². The summed E-state index contributed by atoms with van der Waals surface area (Å²) in [6.07, 6.45) is 0.563. The number of benzene rings is 2. The number of methoxy groups -OCH3 is 3. The normalized spacial score (nSPS) is 10.3. The van der Waals surface area contributed by atoms with Crippen LogP contribution < -0.4 is 24.8 Å². The highest BCUT2D eigenvalue weighted by molar-refractivity contribution is 7.15. The Balaban J connectivity index is 1.65. The molecule has 3 rings (SSSR count). The van der Waals surface area contributed by atoms with E-state index in [0.29, 0.717) is 34.5 Å². The third-order valence-corrected chi connectivity index (χ3v) is 4.93. The van der Waals surface area contributed by atoms with Crippen LogP contribution in [0.5, 0.6) is 17.2 Å². The third-order valence-electron chi connectivity index (χ3n) is 4.09. The van der Waals surface area contributed by atoms with Crippen LogP contribution in [0.1, 0.15) is 16.1 Å². The number of carbonyl (C=O) groups is 1. The van der Waals surface area contributed by atoms with Gasteiger partial charge in [-0.15, -0.1) is 10.2 Å². The first-order valence-corrected chi connectivity index (χ1v) is 9.60. The molecule has 3 aromatic rings. The van der Waals surface area contributed by atoms with Crippen LogP contribution in [0.4, 0.5) is 15.6 Å². The summed E-state index contributed by atoms with van der Waals surface area (Å²) in [6.45, 7) is 1.94. The van der Waals surface area contributed by atoms with Gasteiger partial charge in [0.05, 0.1) is 27.0 Å². The minimum absolute atomic E-state index is 0.407. The molecule has 0 saturated heterocycles. The number of aromatic nitrogens is 2. The summed E-state index contributed by atoms with van der Waals surface area (Å²) in [5.74, 6) is 1.90. The van der Waals surface area contributed by atoms with Crippen LogP contribution in [0.3, 0.4) is 0 Å². The Morgan fingerprint density at radius 3 is 2.38 bits per heavy atom. The minimum Gasteiger partial charge on any atom is -0.495 e. The van der Waals surface area contributed by atoms with E-state index in [9.17, 15) is 4.79 Å². The number of ether oxygens (including phenoxy) is 3. The number of anilines is 2. The van der Waals surface area contributed by atoms with Gasteiger partial charge in [0, 0.05) is 6.42 Å². The summed E-state index contributed by atoms with van der Waals surface area (Å²) in [4.78, 5) is 12.3. The molecule has 0 aliphatic heterocycles. The number of nitrogens with one attached hydrogen (secondary N) is 2. The Bertz CT molecular complexity index is 1010. The predicted octanol–water partition coefficient (Wildman–Crippen LogP) is 4.11. The topological polar surface area (TPSA) is 94.6 Å². The van der Waals surface area contributed by atoms with Crippen molar-refractivity contribution in [2.45, 2.75) is 13.3 Å². The molecule has 0 unspecified atom stereocenters. The van der Waals surface area contributed by atoms with E-state index < -0.39 is 6.03 Å². The molecule has 0 bridgehead atoms. The van der Waals surface area contributed by atoms with Crippen LogP contribution in [0.25, 0.3) is 0 Å². The largest absolute Gasteiger partial charge is 0.495 e. The SMILES string of the molecule is COc1ccc(C)cc1NC(=O)Nc1nnc(Cc2ccc(OC)c(OC)c2)s1. The van der Waals surface area contributed by atoms with Crippen LogP contribution in [-0.4, -0.2) is 37.6 Å². The van der Waals surface area contributed by atoms with Crippen molar-refractivity contribution in [1.82, 2.24) is 10.2 Å². The summed E-state index contributed by atoms with van der Waals surface area (Å²) in [5.41, 5.74) is 2.59. The number of hydrogen-bond donors (Lipinski definition) is 2. The highest BCUT2D eigenvalue weighted by Gasteiger charge is 2.12. The molecule has 0 radical (unpaired) electrons. The molecule has 29 heavy (non-hydrogen) atoms. The molecule has 2 amide bonds. The standard InChI is InChI=1S/C20H22N4O4S/c1-12-5-7-15(26-2)14(9-12)21-19(25)22-20-24-23-18(29-20)11-13-6-8-16(27-3)17(10-13)28-4/h5-10H,11H2,1-4H3,(H2,21,22,24,25). The molecule has 1 heterocycles. The lowest BCUT2D eigenvalue weighted by Gasteiger charge is -2.10. The molecule has 9 heteroatoms. The zero-order valence-electron chi connectivity index (χ0n) is 16.6. The quantitative estimate of drug-likeness (QED) is 0.604. The summed E-state index contributed by atoms with van der Waals surface area (Å²) >= 11 is 1.31. The fraction of sp³-hybridized carbons (Fsp3) is 0.250. The van der Waals surface area contributed by atoms with Crippen molar-refractivity contribution < 1.29 is 19.0 Å². The monoisotopic (exact) mass is 414 g/mol. The van der Waals surface area contributed by atoms with Gasteiger partial charge in [-0.3, -0.25) is 5.32 Å². The van der Waals surface area contributed by atoms with Gasteiger partial charge in [-0.1, -0.05) is 23.5 Å². The molecule has 0 aliphatic rings. The van der Waals surface area contributed by atoms with Crippen molar-refractivity contribution in [2.24, 2.45) is 0 Å². The second-order valence-corrected chi connectivity index (χ2v) is 7.21. The molecular formula is C20H22N4O4S. The Kier molecular flexibility index (Phi) is 6.50. The second kappa shape index (κ2) is 9.24. The Labute approximate surface area is 172 Å². The van der Waals surface area contributed by atoms with Gasteiger partial charge in [0.15, 0.2) is 11.5 Å². The average Bonchev–Trinajstić information content (AvgIpc) is 3.14. The number of aryl methyl sites for hydroxylation is 1. The van der Waals surface area contributed by atoms with Crippen molar-refractivity contribution in [3.63, 3.8) is 0 Å². The first-order valence-electron chi connectivity index (χ1n) is 8.78. The summed E-state index contributed by atoms with van der Waals surface area (Å²) < 4.78 is 15.8. The van der Waals surface area contributed by atoms with E-state index >= 15 is 0 Å². The second-order valence-electron chi connectivity index (χ2n) is 6.15. The van der Waals surface area contributed by atoms with Gasteiger partial charge in [0.1, 0.15) is 10.8 Å². The number of hydrogen-bond acceptors (Lipinski definition) is 7. The fourth-order valence-electron chi connectivity index (χ4n) is 2.71. The molecule has 0 spiro atoms. The first kappa shape index (κ1) is 20.4. The van der Waals surface area contributed by atoms with E-state index in [4.69, 9.17) is 14.2 Å². The molecule has 0 aliphatic carbocycles. The van der Waals surface area contributed by atoms with Crippen LogP contribution in [-0.2, 0) is 6.42 Å². The summed E-state index contributed by atoms with van der Waals surface area (Å²) in [5, 5.41) is 14.8. The Hall–Kier alpha value is -3.33. The summed E-state index contributed by atoms with van der Waals surface area (Å²) in [6, 6.07) is 10.8. The van der Waals surface area contributed by atoms with Gasteiger partial charge in [-0.2, -0.15) is 0 Å². The van der Waals surface area contributed by atoms with Crippen LogP contribution in [0.2, 0.25) is 0 Å². The van der Waals surface area contributed by atoms with Gasteiger partial charge >= 0.3 is 6.03 Å². The van der Waals surface area contributed by atoms with Gasteiger partial charge in [-0.05, 0) is 42.3 Å². The maximum absolute atomic E-state index is 12.3. The minimum atomic E-state index is -0.414. The molecule has 0 saturated carbocycles. The van der Waals surface area contributed by atoms with Crippen molar-refractivity contribution in [1.29, 1.82) is 0 Å². The van der Waals surface area contributed by atoms with E-state index in [1.165, 1.54) is 11.3 Å². The number of nitrogens with zero attached hydrogens (tertiary/aromatic N) is 2. The molecule has 2 N–H and O–H groups in total. The predicted molar refractivity (Wildman–Crippen MR) is 113 cm³/mol. The highest BCUT2D eigenvalue weighted by Crippen LogP contribution is 2.29. The molecule has 0 atom stereocenters. The molecule has 152 valence electrons. The maximum atomic E-state index is 12.3. The molecule has 8 nitrogen and oxygen atoms in total. The number of rotatable bonds is 7. The summed E-state index contributed by atoms with van der Waals surface area (Å²) in [7, 11) is 4.74. The van der Waals surface area contributed by atoms with E-state index in [1.54, 1.807) is 27.4 Å². The van der Waals surface area contributed by atoms with E-state index in [1.807, 2.05) is 37.3 Å². The van der Waals surface area contributed by atoms with Gasteiger partial charge < -0.3 is 19.5 Å². The molecule has 0 fully saturated rings. The van der Waals surface area contributed by atoms with Gasteiger partial charge in [-0.25, -0.2) is 4.79 Å². The third kappa shape index (κ3) is 5.14. The van der Waals surface area contributed by atoms with Gasteiger partial charge in [0.25, 0.3) is 0 Å². The smallest absolute Gasteiger partial charge is 0.325 e. The van der Waals surface area contributed by atoms with Crippen molar-refractivity contribution in [3.05, 3.63) is 52.5 Å². The zero-order chi connectivity index (χ0) is 20.8. The number of carbonyl (C=O) groups excluding carboxylic acids is 1. The Morgan fingerprint density at radius 2 is 1.66 bits per heavy atom. The lowest BCUT2D eigenvalue weighted by Crippen LogP contribution is -2.19. The molecular weight excluding hydrogens is 392 g/mol. The molecule has 2 aromatic carbocycles. The lowest BCUT2D eigenvalue weighted by molar-refractivity contribution is 0.262. The van der Waals surface area contributed by atoms with E-state index in [2.05, 4.69) is 20.8 Å².